The summed E-state index contributed by atoms with van der Waals surface area (Å²) in [5.41, 5.74) is 0. The highest BCUT2D eigenvalue weighted by Crippen LogP contribution is 2.19. The fourth-order valence-corrected chi connectivity index (χ4v) is 2.07. The van der Waals surface area contributed by atoms with Crippen molar-refractivity contribution in [1.82, 2.24) is 10.1 Å². The van der Waals surface area contributed by atoms with Gasteiger partial charge in [-0.25, -0.2) is 18.4 Å². The van der Waals surface area contributed by atoms with E-state index in [-0.39, 0.29) is 11.7 Å². The first kappa shape index (κ1) is 16.2. The molecule has 9 nitrogen and oxygen atoms in total. The molecular formula is C12H15N3O6S. The van der Waals surface area contributed by atoms with E-state index < -0.39 is 27.2 Å². The molecule has 0 saturated carbocycles. The number of nitrogens with zero attached hydrogens (tertiary/aromatic N) is 2. The number of primary sulfonamides is 1. The summed E-state index contributed by atoms with van der Waals surface area (Å²) in [5.74, 6) is -0.480. The highest BCUT2D eigenvalue weighted by Gasteiger charge is 2.23. The first-order valence-corrected chi connectivity index (χ1v) is 8.02. The van der Waals surface area contributed by atoms with Crippen LogP contribution < -0.4 is 5.14 Å². The number of hydrogen-bond donors (Lipinski definition) is 1. The van der Waals surface area contributed by atoms with Crippen molar-refractivity contribution in [3.05, 3.63) is 29.6 Å². The number of hydrogen-bond acceptors (Lipinski definition) is 8. The van der Waals surface area contributed by atoms with E-state index in [1.165, 1.54) is 0 Å². The Morgan fingerprint density at radius 1 is 1.45 bits per heavy atom. The lowest BCUT2D eigenvalue weighted by Crippen LogP contribution is -2.11. The minimum atomic E-state index is -4.01. The third-order valence-corrected chi connectivity index (χ3v) is 3.43. The Morgan fingerprint density at radius 2 is 2.18 bits per heavy atom. The molecule has 0 fully saturated rings. The standard InChI is InChI=1S/C12H15N3O6S/c1-3-4-9-14-11(21-15-9)7(2)19-12(16)8-5-6-10(20-8)22(13,17)18/h5-7H,3-4H2,1-2H3,(H2,13,17,18). The van der Waals surface area contributed by atoms with Crippen molar-refractivity contribution in [2.45, 2.75) is 37.9 Å². The third-order valence-electron chi connectivity index (χ3n) is 2.65. The van der Waals surface area contributed by atoms with E-state index in [0.717, 1.165) is 18.6 Å². The van der Waals surface area contributed by atoms with E-state index in [1.807, 2.05) is 6.92 Å². The fourth-order valence-electron chi connectivity index (χ4n) is 1.61. The summed E-state index contributed by atoms with van der Waals surface area (Å²) in [5, 5.41) is 8.12. The largest absolute Gasteiger partial charge is 0.447 e. The maximum Gasteiger partial charge on any atom is 0.375 e. The minimum Gasteiger partial charge on any atom is -0.447 e. The second-order valence-electron chi connectivity index (χ2n) is 4.51. The molecule has 0 aliphatic rings. The van der Waals surface area contributed by atoms with Crippen LogP contribution in [0.2, 0.25) is 0 Å². The Kier molecular flexibility index (Phi) is 4.62. The number of ether oxygens (including phenoxy) is 1. The Balaban J connectivity index is 2.05. The van der Waals surface area contributed by atoms with Crippen molar-refractivity contribution in [2.24, 2.45) is 5.14 Å². The van der Waals surface area contributed by atoms with E-state index in [0.29, 0.717) is 12.2 Å². The maximum atomic E-state index is 11.9. The van der Waals surface area contributed by atoms with Gasteiger partial charge < -0.3 is 13.7 Å². The number of aryl methyl sites for hydroxylation is 1. The zero-order valence-corrected chi connectivity index (χ0v) is 12.8. The molecule has 0 aliphatic carbocycles. The topological polar surface area (TPSA) is 139 Å². The number of nitrogens with two attached hydrogens (primary N) is 1. The molecule has 0 aliphatic heterocycles. The predicted octanol–water partition coefficient (Wildman–Crippen LogP) is 1.18. The van der Waals surface area contributed by atoms with Crippen LogP contribution in [0.3, 0.4) is 0 Å². The van der Waals surface area contributed by atoms with Gasteiger partial charge in [-0.3, -0.25) is 0 Å². The second-order valence-corrected chi connectivity index (χ2v) is 6.00. The predicted molar refractivity (Wildman–Crippen MR) is 72.2 cm³/mol. The lowest BCUT2D eigenvalue weighted by atomic mass is 10.3. The van der Waals surface area contributed by atoms with Crippen molar-refractivity contribution >= 4 is 16.0 Å². The Labute approximate surface area is 126 Å². The molecule has 120 valence electrons. The van der Waals surface area contributed by atoms with Gasteiger partial charge in [-0.05, 0) is 25.5 Å². The summed E-state index contributed by atoms with van der Waals surface area (Å²) in [4.78, 5) is 15.9. The van der Waals surface area contributed by atoms with Crippen LogP contribution in [0.25, 0.3) is 0 Å². The molecule has 2 N–H and O–H groups in total. The van der Waals surface area contributed by atoms with Crippen LogP contribution in [0.4, 0.5) is 0 Å². The highest BCUT2D eigenvalue weighted by molar-refractivity contribution is 7.89. The van der Waals surface area contributed by atoms with Gasteiger partial charge in [0.15, 0.2) is 11.9 Å². The Bertz CT molecular complexity index is 763. The van der Waals surface area contributed by atoms with Crippen LogP contribution in [0, 0.1) is 0 Å². The van der Waals surface area contributed by atoms with Crippen molar-refractivity contribution in [1.29, 1.82) is 0 Å². The van der Waals surface area contributed by atoms with Gasteiger partial charge >= 0.3 is 5.97 Å². The average molecular weight is 329 g/mol. The van der Waals surface area contributed by atoms with Crippen LogP contribution in [-0.2, 0) is 21.2 Å². The molecule has 10 heteroatoms. The van der Waals surface area contributed by atoms with Crippen molar-refractivity contribution in [3.63, 3.8) is 0 Å². The molecule has 2 aromatic heterocycles. The Hall–Kier alpha value is -2.20. The number of carbonyl (C=O) groups excluding carboxylic acids is 1. The lowest BCUT2D eigenvalue weighted by Gasteiger charge is -2.07. The van der Waals surface area contributed by atoms with Crippen LogP contribution in [0.15, 0.2) is 26.2 Å². The molecule has 0 spiro atoms. The van der Waals surface area contributed by atoms with Crippen LogP contribution >= 0.6 is 0 Å². The number of furan rings is 1. The maximum absolute atomic E-state index is 11.9. The number of carbonyl (C=O) groups is 1. The molecule has 22 heavy (non-hydrogen) atoms. The van der Waals surface area contributed by atoms with Gasteiger partial charge in [0, 0.05) is 6.42 Å². The first-order valence-electron chi connectivity index (χ1n) is 6.47. The summed E-state index contributed by atoms with van der Waals surface area (Å²) >= 11 is 0. The van der Waals surface area contributed by atoms with Crippen molar-refractivity contribution < 1.29 is 26.9 Å². The van der Waals surface area contributed by atoms with Gasteiger partial charge in [-0.15, -0.1) is 0 Å². The molecule has 2 aromatic rings. The molecule has 2 rings (SSSR count). The van der Waals surface area contributed by atoms with Crippen molar-refractivity contribution in [2.75, 3.05) is 0 Å². The molecular weight excluding hydrogens is 314 g/mol. The number of rotatable bonds is 6. The first-order chi connectivity index (χ1) is 10.3. The number of esters is 1. The SMILES string of the molecule is CCCc1noc(C(C)OC(=O)c2ccc(S(N)(=O)=O)o2)n1. The molecule has 0 bridgehead atoms. The molecule has 1 unspecified atom stereocenters. The molecule has 0 saturated heterocycles. The Morgan fingerprint density at radius 3 is 2.77 bits per heavy atom. The summed E-state index contributed by atoms with van der Waals surface area (Å²) in [6.45, 7) is 3.52. The van der Waals surface area contributed by atoms with E-state index in [4.69, 9.17) is 18.8 Å². The molecule has 0 aromatic carbocycles. The van der Waals surface area contributed by atoms with Gasteiger partial charge in [-0.1, -0.05) is 12.1 Å². The fraction of sp³-hybridized carbons (Fsp3) is 0.417. The molecule has 1 atom stereocenters. The van der Waals surface area contributed by atoms with E-state index in [1.54, 1.807) is 6.92 Å². The van der Waals surface area contributed by atoms with Crippen molar-refractivity contribution in [3.8, 4) is 0 Å². The van der Waals surface area contributed by atoms with Crippen LogP contribution in [0.5, 0.6) is 0 Å². The zero-order chi connectivity index (χ0) is 16.3. The van der Waals surface area contributed by atoms with Gasteiger partial charge in [0.1, 0.15) is 0 Å². The molecule has 2 heterocycles. The number of sulfonamides is 1. The molecule has 0 amide bonds. The quantitative estimate of drug-likeness (QED) is 0.779. The van der Waals surface area contributed by atoms with Gasteiger partial charge in [-0.2, -0.15) is 4.98 Å². The summed E-state index contributed by atoms with van der Waals surface area (Å²) in [6.07, 6.45) is 0.712. The minimum absolute atomic E-state index is 0.148. The van der Waals surface area contributed by atoms with E-state index in [9.17, 15) is 13.2 Å². The highest BCUT2D eigenvalue weighted by atomic mass is 32.2. The van der Waals surface area contributed by atoms with E-state index in [2.05, 4.69) is 10.1 Å². The second kappa shape index (κ2) is 6.28. The monoisotopic (exact) mass is 329 g/mol. The van der Waals surface area contributed by atoms with Gasteiger partial charge in [0.25, 0.3) is 15.9 Å². The third kappa shape index (κ3) is 3.71. The van der Waals surface area contributed by atoms with Crippen LogP contribution in [0.1, 0.15) is 48.6 Å². The number of aromatic nitrogens is 2. The lowest BCUT2D eigenvalue weighted by molar-refractivity contribution is 0.0225. The van der Waals surface area contributed by atoms with E-state index >= 15 is 0 Å². The van der Waals surface area contributed by atoms with Gasteiger partial charge in [0.2, 0.25) is 10.9 Å². The van der Waals surface area contributed by atoms with Gasteiger partial charge in [0.05, 0.1) is 0 Å². The smallest absolute Gasteiger partial charge is 0.375 e. The average Bonchev–Trinajstić information content (AvgIpc) is 3.07. The summed E-state index contributed by atoms with van der Waals surface area (Å²) < 4.78 is 37.1. The summed E-state index contributed by atoms with van der Waals surface area (Å²) in [7, 11) is -4.01. The zero-order valence-electron chi connectivity index (χ0n) is 12.0. The summed E-state index contributed by atoms with van der Waals surface area (Å²) in [6, 6.07) is 2.23. The normalized spacial score (nSPS) is 13.0. The molecule has 0 radical (unpaired) electrons. The van der Waals surface area contributed by atoms with Crippen LogP contribution in [-0.4, -0.2) is 24.5 Å².